The molecule has 0 saturated heterocycles. The normalized spacial score (nSPS) is 21.4. The van der Waals surface area contributed by atoms with E-state index in [0.29, 0.717) is 5.91 Å². The minimum atomic E-state index is 0.110. The van der Waals surface area contributed by atoms with Crippen molar-refractivity contribution in [1.29, 1.82) is 0 Å². The number of hydrogen-bond acceptors (Lipinski definition) is 2. The fourth-order valence-corrected chi connectivity index (χ4v) is 4.97. The molecule has 0 bridgehead atoms. The zero-order chi connectivity index (χ0) is 15.8. The fraction of sp³-hybridized carbons (Fsp3) is 0.450. The lowest BCUT2D eigenvalue weighted by molar-refractivity contribution is -0.137. The molecule has 120 valence electrons. The maximum atomic E-state index is 13.1. The Balaban J connectivity index is 1.72. The molecule has 3 heteroatoms. The Bertz CT molecular complexity index is 697. The van der Waals surface area contributed by atoms with Crippen LogP contribution in [0, 0.1) is 12.8 Å². The molecule has 0 N–H and O–H groups in total. The summed E-state index contributed by atoms with van der Waals surface area (Å²) in [6, 6.07) is 11.0. The topological polar surface area (TPSA) is 20.3 Å². The highest BCUT2D eigenvalue weighted by atomic mass is 32.1. The van der Waals surface area contributed by atoms with E-state index in [1.165, 1.54) is 34.4 Å². The summed E-state index contributed by atoms with van der Waals surface area (Å²) in [7, 11) is 0. The molecule has 2 aliphatic rings. The molecule has 0 spiro atoms. The van der Waals surface area contributed by atoms with Crippen LogP contribution in [-0.2, 0) is 11.2 Å². The number of aryl methyl sites for hydroxylation is 1. The van der Waals surface area contributed by atoms with Crippen LogP contribution in [0.5, 0.6) is 0 Å². The summed E-state index contributed by atoms with van der Waals surface area (Å²) in [5.74, 6) is 0.632. The Morgan fingerprint density at radius 2 is 1.87 bits per heavy atom. The number of thiophene rings is 1. The Kier molecular flexibility index (Phi) is 3.98. The highest BCUT2D eigenvalue weighted by Crippen LogP contribution is 2.40. The lowest BCUT2D eigenvalue weighted by Crippen LogP contribution is -2.42. The van der Waals surface area contributed by atoms with Gasteiger partial charge in [0.25, 0.3) is 0 Å². The molecule has 0 radical (unpaired) electrons. The highest BCUT2D eigenvalue weighted by molar-refractivity contribution is 7.10. The van der Waals surface area contributed by atoms with Crippen molar-refractivity contribution in [1.82, 2.24) is 4.90 Å². The summed E-state index contributed by atoms with van der Waals surface area (Å²) in [6.07, 6.45) is 5.58. The van der Waals surface area contributed by atoms with E-state index >= 15 is 0 Å². The molecule has 1 aliphatic carbocycles. The van der Waals surface area contributed by atoms with Gasteiger partial charge in [0.2, 0.25) is 5.91 Å². The quantitative estimate of drug-likeness (QED) is 0.782. The van der Waals surface area contributed by atoms with E-state index in [2.05, 4.69) is 47.5 Å². The van der Waals surface area contributed by atoms with Crippen molar-refractivity contribution >= 4 is 17.2 Å². The van der Waals surface area contributed by atoms with Gasteiger partial charge in [-0.25, -0.2) is 0 Å². The molecule has 1 aromatic carbocycles. The Morgan fingerprint density at radius 1 is 1.13 bits per heavy atom. The van der Waals surface area contributed by atoms with Gasteiger partial charge in [-0.2, -0.15) is 0 Å². The van der Waals surface area contributed by atoms with Gasteiger partial charge in [-0.05, 0) is 48.8 Å². The third-order valence-electron chi connectivity index (χ3n) is 5.35. The first-order chi connectivity index (χ1) is 11.2. The van der Waals surface area contributed by atoms with E-state index in [4.69, 9.17) is 0 Å². The van der Waals surface area contributed by atoms with Crippen LogP contribution in [-0.4, -0.2) is 17.4 Å². The van der Waals surface area contributed by atoms with Crippen molar-refractivity contribution in [3.63, 3.8) is 0 Å². The summed E-state index contributed by atoms with van der Waals surface area (Å²) in [6.45, 7) is 2.98. The number of hydrogen-bond donors (Lipinski definition) is 0. The number of benzene rings is 1. The zero-order valence-corrected chi connectivity index (χ0v) is 14.4. The second kappa shape index (κ2) is 6.12. The number of carbonyl (C=O) groups is 1. The minimum Gasteiger partial charge on any atom is -0.331 e. The van der Waals surface area contributed by atoms with Crippen molar-refractivity contribution in [2.75, 3.05) is 6.54 Å². The van der Waals surface area contributed by atoms with Crippen molar-refractivity contribution in [3.8, 4) is 0 Å². The van der Waals surface area contributed by atoms with Crippen LogP contribution in [0.3, 0.4) is 0 Å². The Labute approximate surface area is 142 Å². The summed E-state index contributed by atoms with van der Waals surface area (Å²) < 4.78 is 0. The molecule has 1 atom stereocenters. The van der Waals surface area contributed by atoms with Crippen molar-refractivity contribution in [2.24, 2.45) is 5.92 Å². The Morgan fingerprint density at radius 3 is 2.61 bits per heavy atom. The van der Waals surface area contributed by atoms with Crippen LogP contribution in [0.1, 0.15) is 53.3 Å². The molecule has 1 amide bonds. The van der Waals surface area contributed by atoms with Gasteiger partial charge in [-0.3, -0.25) is 4.79 Å². The van der Waals surface area contributed by atoms with Crippen LogP contribution in [0.2, 0.25) is 0 Å². The van der Waals surface area contributed by atoms with Crippen molar-refractivity contribution < 1.29 is 4.79 Å². The maximum absolute atomic E-state index is 13.1. The molecule has 1 fully saturated rings. The van der Waals surface area contributed by atoms with Gasteiger partial charge in [0.05, 0.1) is 6.04 Å². The number of rotatable bonds is 2. The predicted molar refractivity (Wildman–Crippen MR) is 94.7 cm³/mol. The fourth-order valence-electron chi connectivity index (χ4n) is 4.07. The second-order valence-electron chi connectivity index (χ2n) is 6.88. The van der Waals surface area contributed by atoms with Crippen LogP contribution < -0.4 is 0 Å². The molecule has 23 heavy (non-hydrogen) atoms. The van der Waals surface area contributed by atoms with E-state index in [-0.39, 0.29) is 12.0 Å². The molecular weight excluding hydrogens is 302 g/mol. The summed E-state index contributed by atoms with van der Waals surface area (Å²) >= 11 is 1.83. The smallest absolute Gasteiger partial charge is 0.226 e. The van der Waals surface area contributed by atoms with Gasteiger partial charge in [0.1, 0.15) is 0 Å². The van der Waals surface area contributed by atoms with E-state index in [9.17, 15) is 4.79 Å². The molecule has 2 nitrogen and oxygen atoms in total. The third-order valence-corrected chi connectivity index (χ3v) is 6.34. The first-order valence-electron chi connectivity index (χ1n) is 8.67. The number of fused-ring (bicyclic) bond motifs is 1. The molecular formula is C20H23NOS. The largest absolute Gasteiger partial charge is 0.331 e. The van der Waals surface area contributed by atoms with E-state index in [1.54, 1.807) is 0 Å². The summed E-state index contributed by atoms with van der Waals surface area (Å²) in [4.78, 5) is 16.7. The SMILES string of the molecule is Cc1ccc(C2c3ccsc3CCN2C(=O)C2CCCC2)cc1. The highest BCUT2D eigenvalue weighted by Gasteiger charge is 2.36. The minimum absolute atomic E-state index is 0.110. The monoisotopic (exact) mass is 325 g/mol. The van der Waals surface area contributed by atoms with Gasteiger partial charge in [-0.15, -0.1) is 11.3 Å². The van der Waals surface area contributed by atoms with Crippen LogP contribution in [0.25, 0.3) is 0 Å². The first-order valence-corrected chi connectivity index (χ1v) is 9.55. The Hall–Kier alpha value is -1.61. The average molecular weight is 325 g/mol. The lowest BCUT2D eigenvalue weighted by atomic mass is 9.91. The third kappa shape index (κ3) is 2.72. The predicted octanol–water partition coefficient (Wildman–Crippen LogP) is 4.72. The average Bonchev–Trinajstić information content (AvgIpc) is 3.25. The molecule has 1 aliphatic heterocycles. The van der Waals surface area contributed by atoms with Gasteiger partial charge < -0.3 is 4.90 Å². The summed E-state index contributed by atoms with van der Waals surface area (Å²) in [5.41, 5.74) is 3.86. The van der Waals surface area contributed by atoms with E-state index < -0.39 is 0 Å². The van der Waals surface area contributed by atoms with Crippen LogP contribution in [0.4, 0.5) is 0 Å². The van der Waals surface area contributed by atoms with Gasteiger partial charge in [0.15, 0.2) is 0 Å². The molecule has 1 unspecified atom stereocenters. The molecule has 1 aromatic heterocycles. The number of nitrogens with zero attached hydrogens (tertiary/aromatic N) is 1. The summed E-state index contributed by atoms with van der Waals surface area (Å²) in [5, 5.41) is 2.18. The molecule has 1 saturated carbocycles. The van der Waals surface area contributed by atoms with Gasteiger partial charge in [-0.1, -0.05) is 42.7 Å². The van der Waals surface area contributed by atoms with E-state index in [0.717, 1.165) is 25.8 Å². The van der Waals surface area contributed by atoms with Crippen LogP contribution >= 0.6 is 11.3 Å². The first kappa shape index (κ1) is 14.9. The lowest BCUT2D eigenvalue weighted by Gasteiger charge is -2.38. The molecule has 4 rings (SSSR count). The maximum Gasteiger partial charge on any atom is 0.226 e. The van der Waals surface area contributed by atoms with Gasteiger partial charge >= 0.3 is 0 Å². The van der Waals surface area contributed by atoms with Crippen LogP contribution in [0.15, 0.2) is 35.7 Å². The molecule has 2 heterocycles. The van der Waals surface area contributed by atoms with E-state index in [1.807, 2.05) is 11.3 Å². The van der Waals surface area contributed by atoms with Gasteiger partial charge in [0, 0.05) is 17.3 Å². The standard InChI is InChI=1S/C20H23NOS/c1-14-6-8-15(9-7-14)19-17-11-13-23-18(17)10-12-21(19)20(22)16-4-2-3-5-16/h6-9,11,13,16,19H,2-5,10,12H2,1H3. The zero-order valence-electron chi connectivity index (χ0n) is 13.6. The molecule has 2 aromatic rings. The number of carbonyl (C=O) groups excluding carboxylic acids is 1. The van der Waals surface area contributed by atoms with Crippen molar-refractivity contribution in [3.05, 3.63) is 57.3 Å². The second-order valence-corrected chi connectivity index (χ2v) is 7.88. The van der Waals surface area contributed by atoms with Crippen molar-refractivity contribution in [2.45, 2.75) is 45.1 Å². The number of amides is 1.